The summed E-state index contributed by atoms with van der Waals surface area (Å²) in [7, 11) is 3.04. The summed E-state index contributed by atoms with van der Waals surface area (Å²) in [6.45, 7) is 2.08. The molecule has 0 spiro atoms. The van der Waals surface area contributed by atoms with Crippen LogP contribution in [0.2, 0.25) is 5.02 Å². The first-order chi connectivity index (χ1) is 19.4. The second kappa shape index (κ2) is 11.5. The molecule has 5 rings (SSSR count). The number of aromatic nitrogens is 4. The van der Waals surface area contributed by atoms with Crippen molar-refractivity contribution in [2.24, 2.45) is 0 Å². The molecule has 2 aromatic carbocycles. The number of nitrogens with one attached hydrogen (secondary N) is 1. The predicted molar refractivity (Wildman–Crippen MR) is 147 cm³/mol. The number of anilines is 1. The van der Waals surface area contributed by atoms with Crippen molar-refractivity contribution in [3.05, 3.63) is 83.8 Å². The molecule has 0 saturated carbocycles. The number of hydrogen-bond acceptors (Lipinski definition) is 8. The zero-order valence-electron chi connectivity index (χ0n) is 21.6. The number of rotatable bonds is 9. The van der Waals surface area contributed by atoms with Gasteiger partial charge in [-0.05, 0) is 37.3 Å². The lowest BCUT2D eigenvalue weighted by atomic mass is 10.2. The maximum atomic E-state index is 15.1. The number of carbonyl (C=O) groups is 1. The number of carbonyl (C=O) groups excluding carboxylic acids is 1. The maximum Gasteiger partial charge on any atom is 0.280 e. The molecule has 3 aromatic heterocycles. The molecule has 0 bridgehead atoms. The molecular weight excluding hydrogens is 541 g/mol. The summed E-state index contributed by atoms with van der Waals surface area (Å²) < 4.78 is 38.7. The highest BCUT2D eigenvalue weighted by atomic mass is 35.5. The minimum atomic E-state index is -0.694. The highest BCUT2D eigenvalue weighted by molar-refractivity contribution is 6.32. The smallest absolute Gasteiger partial charge is 0.280 e. The van der Waals surface area contributed by atoms with E-state index in [0.717, 1.165) is 6.07 Å². The fourth-order valence-corrected chi connectivity index (χ4v) is 4.14. The molecule has 1 N–H and O–H groups in total. The lowest BCUT2D eigenvalue weighted by Crippen LogP contribution is -2.14. The van der Waals surface area contributed by atoms with Crippen LogP contribution in [0.25, 0.3) is 16.6 Å². The molecule has 204 valence electrons. The van der Waals surface area contributed by atoms with E-state index in [-0.39, 0.29) is 22.9 Å². The molecule has 0 saturated heterocycles. The molecule has 0 radical (unpaired) electrons. The molecule has 40 heavy (non-hydrogen) atoms. The van der Waals surface area contributed by atoms with Crippen LogP contribution >= 0.6 is 11.6 Å². The number of ether oxygens (including phenoxy) is 4. The molecule has 3 heterocycles. The summed E-state index contributed by atoms with van der Waals surface area (Å²) in [5.74, 6) is 0.237. The zero-order valence-corrected chi connectivity index (χ0v) is 22.4. The third kappa shape index (κ3) is 5.32. The van der Waals surface area contributed by atoms with E-state index < -0.39 is 11.7 Å². The van der Waals surface area contributed by atoms with Crippen LogP contribution in [-0.2, 0) is 0 Å². The van der Waals surface area contributed by atoms with Crippen molar-refractivity contribution >= 4 is 34.1 Å². The molecule has 12 heteroatoms. The molecular formula is C28H23ClFN5O5. The van der Waals surface area contributed by atoms with Gasteiger partial charge in [0.2, 0.25) is 0 Å². The second-order valence-electron chi connectivity index (χ2n) is 8.28. The van der Waals surface area contributed by atoms with Crippen LogP contribution in [0.4, 0.5) is 10.1 Å². The third-order valence-electron chi connectivity index (χ3n) is 5.81. The van der Waals surface area contributed by atoms with E-state index in [1.165, 1.54) is 43.4 Å². The van der Waals surface area contributed by atoms with Crippen LogP contribution in [0.1, 0.15) is 17.4 Å². The van der Waals surface area contributed by atoms with E-state index in [2.05, 4.69) is 20.4 Å². The first kappa shape index (κ1) is 26.7. The van der Waals surface area contributed by atoms with Gasteiger partial charge in [-0.2, -0.15) is 5.10 Å². The summed E-state index contributed by atoms with van der Waals surface area (Å²) in [5, 5.41) is 7.96. The monoisotopic (exact) mass is 563 g/mol. The molecule has 10 nitrogen and oxygen atoms in total. The average Bonchev–Trinajstić information content (AvgIpc) is 3.38. The standard InChI is InChI=1S/C28H23ClFN5O5/c1-4-39-26-15-35(21-14-31-9-7-18(21)29)34-27(26)28(36)33-16-5-6-23(19(30)11-16)40-22-8-10-32-20-13-25(38-3)24(37-2)12-17(20)22/h5-15H,4H2,1-3H3,(H,33,36). The Morgan fingerprint density at radius 1 is 1.00 bits per heavy atom. The van der Waals surface area contributed by atoms with Gasteiger partial charge in [0.15, 0.2) is 34.5 Å². The van der Waals surface area contributed by atoms with Crippen molar-refractivity contribution in [1.82, 2.24) is 19.7 Å². The molecule has 0 unspecified atom stereocenters. The highest BCUT2D eigenvalue weighted by Gasteiger charge is 2.21. The van der Waals surface area contributed by atoms with Crippen LogP contribution in [0, 0.1) is 5.82 Å². The van der Waals surface area contributed by atoms with E-state index in [1.54, 1.807) is 43.6 Å². The highest BCUT2D eigenvalue weighted by Crippen LogP contribution is 2.37. The van der Waals surface area contributed by atoms with Gasteiger partial charge >= 0.3 is 0 Å². The van der Waals surface area contributed by atoms with E-state index in [1.807, 2.05) is 0 Å². The van der Waals surface area contributed by atoms with Crippen LogP contribution in [0.3, 0.4) is 0 Å². The molecule has 5 aromatic rings. The van der Waals surface area contributed by atoms with Crippen molar-refractivity contribution in [2.45, 2.75) is 6.92 Å². The van der Waals surface area contributed by atoms with Gasteiger partial charge in [0.25, 0.3) is 5.91 Å². The third-order valence-corrected chi connectivity index (χ3v) is 6.13. The molecule has 0 atom stereocenters. The number of methoxy groups -OCH3 is 2. The Morgan fingerprint density at radius 3 is 2.52 bits per heavy atom. The number of fused-ring (bicyclic) bond motifs is 1. The number of hydrogen-bond donors (Lipinski definition) is 1. The Balaban J connectivity index is 1.39. The van der Waals surface area contributed by atoms with Crippen molar-refractivity contribution < 1.29 is 28.1 Å². The fourth-order valence-electron chi connectivity index (χ4n) is 3.94. The number of amides is 1. The van der Waals surface area contributed by atoms with Gasteiger partial charge in [-0.15, -0.1) is 0 Å². The van der Waals surface area contributed by atoms with Gasteiger partial charge < -0.3 is 24.3 Å². The van der Waals surface area contributed by atoms with Crippen molar-refractivity contribution in [1.29, 1.82) is 0 Å². The van der Waals surface area contributed by atoms with Crippen molar-refractivity contribution in [2.75, 3.05) is 26.1 Å². The molecule has 0 aliphatic rings. The quantitative estimate of drug-likeness (QED) is 0.230. The lowest BCUT2D eigenvalue weighted by molar-refractivity contribution is 0.101. The Morgan fingerprint density at radius 2 is 1.80 bits per heavy atom. The average molecular weight is 564 g/mol. The van der Waals surface area contributed by atoms with E-state index in [9.17, 15) is 4.79 Å². The normalized spacial score (nSPS) is 10.8. The topological polar surface area (TPSA) is 110 Å². The van der Waals surface area contributed by atoms with E-state index >= 15 is 4.39 Å². The number of halogens is 2. The van der Waals surface area contributed by atoms with Crippen LogP contribution in [-0.4, -0.2) is 46.5 Å². The summed E-state index contributed by atoms with van der Waals surface area (Å²) in [6.07, 6.45) is 6.13. The molecule has 0 aliphatic heterocycles. The van der Waals surface area contributed by atoms with Gasteiger partial charge in [-0.25, -0.2) is 9.07 Å². The maximum absolute atomic E-state index is 15.1. The summed E-state index contributed by atoms with van der Waals surface area (Å²) in [5.41, 5.74) is 1.24. The molecule has 1 amide bonds. The number of benzene rings is 2. The van der Waals surface area contributed by atoms with Crippen molar-refractivity contribution in [3.63, 3.8) is 0 Å². The van der Waals surface area contributed by atoms with E-state index in [0.29, 0.717) is 45.5 Å². The van der Waals surface area contributed by atoms with Crippen LogP contribution < -0.4 is 24.3 Å². The Hall–Kier alpha value is -4.90. The first-order valence-electron chi connectivity index (χ1n) is 12.0. The molecule has 0 aliphatic carbocycles. The van der Waals surface area contributed by atoms with E-state index in [4.69, 9.17) is 30.5 Å². The summed E-state index contributed by atoms with van der Waals surface area (Å²) in [4.78, 5) is 21.5. The molecule has 0 fully saturated rings. The number of pyridine rings is 2. The minimum Gasteiger partial charge on any atom is -0.493 e. The Labute approximate surface area is 233 Å². The van der Waals surface area contributed by atoms with Crippen LogP contribution in [0.5, 0.6) is 28.7 Å². The van der Waals surface area contributed by atoms with Gasteiger partial charge in [-0.3, -0.25) is 14.8 Å². The van der Waals surface area contributed by atoms with Gasteiger partial charge in [0.05, 0.1) is 43.8 Å². The Bertz CT molecular complexity index is 1710. The zero-order chi connectivity index (χ0) is 28.2. The first-order valence-corrected chi connectivity index (χ1v) is 12.4. The lowest BCUT2D eigenvalue weighted by Gasteiger charge is -2.13. The fraction of sp³-hybridized carbons (Fsp3) is 0.143. The minimum absolute atomic E-state index is 0.00450. The van der Waals surface area contributed by atoms with Gasteiger partial charge in [-0.1, -0.05) is 11.6 Å². The van der Waals surface area contributed by atoms with Gasteiger partial charge in [0.1, 0.15) is 11.4 Å². The number of nitrogens with zero attached hydrogens (tertiary/aromatic N) is 4. The van der Waals surface area contributed by atoms with Crippen LogP contribution in [0.15, 0.2) is 67.3 Å². The SMILES string of the molecule is CCOc1cn(-c2cnccc2Cl)nc1C(=O)Nc1ccc(Oc2ccnc3cc(OC)c(OC)cc23)c(F)c1. The predicted octanol–water partition coefficient (Wildman–Crippen LogP) is 6.07. The largest absolute Gasteiger partial charge is 0.493 e. The van der Waals surface area contributed by atoms with Crippen molar-refractivity contribution in [3.8, 4) is 34.4 Å². The Kier molecular flexibility index (Phi) is 7.65. The van der Waals surface area contributed by atoms with Gasteiger partial charge in [0, 0.05) is 35.6 Å². The summed E-state index contributed by atoms with van der Waals surface area (Å²) in [6, 6.07) is 10.7. The summed E-state index contributed by atoms with van der Waals surface area (Å²) >= 11 is 6.25. The second-order valence-corrected chi connectivity index (χ2v) is 8.69.